The molecule has 0 spiro atoms. The fourth-order valence-electron chi connectivity index (χ4n) is 3.96. The Morgan fingerprint density at radius 1 is 1.16 bits per heavy atom. The molecule has 1 amide bonds. The molecule has 0 saturated carbocycles. The zero-order valence-electron chi connectivity index (χ0n) is 17.3. The van der Waals surface area contributed by atoms with Crippen LogP contribution in [0, 0.1) is 23.0 Å². The molecule has 1 N–H and O–H groups in total. The van der Waals surface area contributed by atoms with Crippen molar-refractivity contribution in [2.24, 2.45) is 0 Å². The van der Waals surface area contributed by atoms with Gasteiger partial charge in [-0.1, -0.05) is 13.8 Å². The number of rotatable bonds is 6. The minimum Gasteiger partial charge on any atom is -0.372 e. The Hall–Kier alpha value is -3.03. The highest BCUT2D eigenvalue weighted by molar-refractivity contribution is 6.10. The molecule has 170 valence electrons. The van der Waals surface area contributed by atoms with Crippen LogP contribution in [-0.4, -0.2) is 42.1 Å². The summed E-state index contributed by atoms with van der Waals surface area (Å²) < 4.78 is 69.9. The summed E-state index contributed by atoms with van der Waals surface area (Å²) in [6.45, 7) is 5.09. The summed E-state index contributed by atoms with van der Waals surface area (Å²) in [6, 6.07) is 5.07. The highest BCUT2D eigenvalue weighted by Gasteiger charge is 2.56. The molecule has 1 heterocycles. The van der Waals surface area contributed by atoms with Crippen molar-refractivity contribution < 1.29 is 31.9 Å². The summed E-state index contributed by atoms with van der Waals surface area (Å²) in [7, 11) is 0. The van der Waals surface area contributed by atoms with Crippen molar-refractivity contribution in [2.75, 3.05) is 31.1 Å². The van der Waals surface area contributed by atoms with E-state index in [0.29, 0.717) is 25.2 Å². The second kappa shape index (κ2) is 8.48. The van der Waals surface area contributed by atoms with Crippen molar-refractivity contribution in [3.05, 3.63) is 64.2 Å². The molecule has 0 fully saturated rings. The van der Waals surface area contributed by atoms with Gasteiger partial charge in [0.2, 0.25) is 0 Å². The van der Waals surface area contributed by atoms with Gasteiger partial charge in [-0.3, -0.25) is 4.79 Å². The molecule has 3 rings (SSSR count). The first-order valence-electron chi connectivity index (χ1n) is 9.87. The topological polar surface area (TPSA) is 67.6 Å². The fourth-order valence-corrected chi connectivity index (χ4v) is 3.96. The standard InChI is InChI=1S/C22H20F5N3O2/c1-3-29(4-2)7-8-30-18-10-13(12-28)9-16(22(25,26)27)19(18)21(32,20(30)31)15-6-5-14(23)11-17(15)24/h5-6,9-11,32H,3-4,7-8H2,1-2H3. The van der Waals surface area contributed by atoms with Crippen LogP contribution in [0.2, 0.25) is 0 Å². The van der Waals surface area contributed by atoms with Crippen molar-refractivity contribution in [1.82, 2.24) is 4.90 Å². The van der Waals surface area contributed by atoms with Crippen LogP contribution < -0.4 is 4.90 Å². The third kappa shape index (κ3) is 3.82. The van der Waals surface area contributed by atoms with E-state index in [4.69, 9.17) is 0 Å². The lowest BCUT2D eigenvalue weighted by molar-refractivity contribution is -0.142. The van der Waals surface area contributed by atoms with Gasteiger partial charge >= 0.3 is 6.18 Å². The quantitative estimate of drug-likeness (QED) is 0.677. The zero-order chi connectivity index (χ0) is 23.8. The second-order valence-corrected chi connectivity index (χ2v) is 7.35. The Balaban J connectivity index is 2.30. The molecule has 2 aromatic carbocycles. The van der Waals surface area contributed by atoms with Gasteiger partial charge in [-0.25, -0.2) is 8.78 Å². The van der Waals surface area contributed by atoms with Gasteiger partial charge in [0.15, 0.2) is 5.60 Å². The monoisotopic (exact) mass is 453 g/mol. The number of aliphatic hydroxyl groups is 1. The van der Waals surface area contributed by atoms with Crippen LogP contribution in [-0.2, 0) is 16.6 Å². The maximum Gasteiger partial charge on any atom is 0.416 e. The van der Waals surface area contributed by atoms with E-state index < -0.39 is 46.0 Å². The number of amides is 1. The van der Waals surface area contributed by atoms with Gasteiger partial charge in [0, 0.05) is 30.3 Å². The highest BCUT2D eigenvalue weighted by Crippen LogP contribution is 2.51. The minimum atomic E-state index is -5.06. The maximum atomic E-state index is 14.6. The Morgan fingerprint density at radius 2 is 1.81 bits per heavy atom. The molecule has 1 unspecified atom stereocenters. The van der Waals surface area contributed by atoms with Crippen molar-refractivity contribution >= 4 is 11.6 Å². The van der Waals surface area contributed by atoms with Crippen molar-refractivity contribution in [2.45, 2.75) is 25.6 Å². The number of alkyl halides is 3. The summed E-state index contributed by atoms with van der Waals surface area (Å²) in [5.74, 6) is -3.59. The summed E-state index contributed by atoms with van der Waals surface area (Å²) in [5.41, 5.74) is -6.86. The lowest BCUT2D eigenvalue weighted by atomic mass is 9.83. The fraction of sp³-hybridized carbons (Fsp3) is 0.364. The molecule has 5 nitrogen and oxygen atoms in total. The van der Waals surface area contributed by atoms with E-state index >= 15 is 0 Å². The van der Waals surface area contributed by atoms with Crippen LogP contribution >= 0.6 is 0 Å². The smallest absolute Gasteiger partial charge is 0.372 e. The Bertz CT molecular complexity index is 1090. The number of halogens is 5. The summed E-state index contributed by atoms with van der Waals surface area (Å²) in [5, 5.41) is 20.6. The normalized spacial score (nSPS) is 18.2. The lowest BCUT2D eigenvalue weighted by Crippen LogP contribution is -2.45. The Labute approximate surface area is 181 Å². The molecular formula is C22H20F5N3O2. The Kier molecular flexibility index (Phi) is 6.26. The molecule has 1 atom stereocenters. The van der Waals surface area contributed by atoms with Crippen LogP contribution in [0.5, 0.6) is 0 Å². The molecule has 0 radical (unpaired) electrons. The number of carbonyl (C=O) groups excluding carboxylic acids is 1. The van der Waals surface area contributed by atoms with Gasteiger partial charge in [-0.2, -0.15) is 18.4 Å². The predicted molar refractivity (Wildman–Crippen MR) is 106 cm³/mol. The largest absolute Gasteiger partial charge is 0.416 e. The number of benzene rings is 2. The number of carbonyl (C=O) groups is 1. The van der Waals surface area contributed by atoms with Gasteiger partial charge in [-0.05, 0) is 37.4 Å². The van der Waals surface area contributed by atoms with E-state index in [1.54, 1.807) is 6.07 Å². The summed E-state index contributed by atoms with van der Waals surface area (Å²) in [6.07, 6.45) is -5.06. The number of likely N-dealkylation sites (N-methyl/N-ethyl adjacent to an activating group) is 1. The molecule has 0 bridgehead atoms. The molecule has 1 aliphatic rings. The predicted octanol–water partition coefficient (Wildman–Crippen LogP) is 3.78. The second-order valence-electron chi connectivity index (χ2n) is 7.35. The van der Waals surface area contributed by atoms with E-state index in [-0.39, 0.29) is 24.3 Å². The average molecular weight is 453 g/mol. The molecule has 10 heteroatoms. The number of nitrogens with zero attached hydrogens (tertiary/aromatic N) is 3. The molecule has 32 heavy (non-hydrogen) atoms. The van der Waals surface area contributed by atoms with E-state index in [2.05, 4.69) is 0 Å². The van der Waals surface area contributed by atoms with Crippen molar-refractivity contribution in [1.29, 1.82) is 5.26 Å². The molecule has 2 aromatic rings. The maximum absolute atomic E-state index is 14.6. The van der Waals surface area contributed by atoms with Gasteiger partial charge in [0.25, 0.3) is 5.91 Å². The van der Waals surface area contributed by atoms with Crippen molar-refractivity contribution in [3.8, 4) is 6.07 Å². The van der Waals surface area contributed by atoms with E-state index in [0.717, 1.165) is 23.1 Å². The SMILES string of the molecule is CCN(CC)CCN1C(=O)C(O)(c2ccc(F)cc2F)c2c1cc(C#N)cc2C(F)(F)F. The third-order valence-electron chi connectivity index (χ3n) is 5.61. The molecular weight excluding hydrogens is 433 g/mol. The van der Waals surface area contributed by atoms with Crippen LogP contribution in [0.15, 0.2) is 30.3 Å². The third-order valence-corrected chi connectivity index (χ3v) is 5.61. The Morgan fingerprint density at radius 3 is 2.34 bits per heavy atom. The zero-order valence-corrected chi connectivity index (χ0v) is 17.3. The first kappa shape index (κ1) is 23.6. The van der Waals surface area contributed by atoms with Crippen LogP contribution in [0.3, 0.4) is 0 Å². The summed E-state index contributed by atoms with van der Waals surface area (Å²) >= 11 is 0. The first-order valence-corrected chi connectivity index (χ1v) is 9.87. The molecule has 0 saturated heterocycles. The van der Waals surface area contributed by atoms with E-state index in [1.165, 1.54) is 0 Å². The van der Waals surface area contributed by atoms with Gasteiger partial charge < -0.3 is 14.9 Å². The highest BCUT2D eigenvalue weighted by atomic mass is 19.4. The number of fused-ring (bicyclic) bond motifs is 1. The molecule has 0 aliphatic carbocycles. The summed E-state index contributed by atoms with van der Waals surface area (Å²) in [4.78, 5) is 16.2. The van der Waals surface area contributed by atoms with E-state index in [9.17, 15) is 37.1 Å². The number of anilines is 1. The minimum absolute atomic E-state index is 0.106. The van der Waals surface area contributed by atoms with Crippen LogP contribution in [0.1, 0.15) is 36.1 Å². The van der Waals surface area contributed by atoms with Crippen LogP contribution in [0.25, 0.3) is 0 Å². The number of hydrogen-bond acceptors (Lipinski definition) is 4. The van der Waals surface area contributed by atoms with Gasteiger partial charge in [0.1, 0.15) is 11.6 Å². The number of nitriles is 1. The van der Waals surface area contributed by atoms with Crippen molar-refractivity contribution in [3.63, 3.8) is 0 Å². The van der Waals surface area contributed by atoms with Gasteiger partial charge in [0.05, 0.1) is 22.9 Å². The molecule has 1 aliphatic heterocycles. The lowest BCUT2D eigenvalue weighted by Gasteiger charge is -2.26. The van der Waals surface area contributed by atoms with Crippen LogP contribution in [0.4, 0.5) is 27.6 Å². The van der Waals surface area contributed by atoms with Gasteiger partial charge in [-0.15, -0.1) is 0 Å². The van der Waals surface area contributed by atoms with E-state index in [1.807, 2.05) is 18.7 Å². The first-order chi connectivity index (χ1) is 15.0. The average Bonchev–Trinajstić information content (AvgIpc) is 2.95. The number of hydrogen-bond donors (Lipinski definition) is 1. The molecule has 0 aromatic heterocycles.